The van der Waals surface area contributed by atoms with Gasteiger partial charge >= 0.3 is 0 Å². The summed E-state index contributed by atoms with van der Waals surface area (Å²) in [5.74, 6) is 0. The minimum absolute atomic E-state index is 0. The maximum Gasteiger partial charge on any atom is 0.0402 e. The maximum absolute atomic E-state index is 7.57. The summed E-state index contributed by atoms with van der Waals surface area (Å²) in [5.41, 5.74) is 0. The fraction of sp³-hybridized carbons (Fsp3) is 1.00. The molecule has 0 aliphatic carbocycles. The van der Waals surface area contributed by atoms with Gasteiger partial charge in [-0.25, -0.2) is 0 Å². The first kappa shape index (κ1) is 52.2. The van der Waals surface area contributed by atoms with Crippen LogP contribution in [0.2, 0.25) is 0 Å². The van der Waals surface area contributed by atoms with Crippen LogP contribution in [-0.2, 0) is 43.4 Å². The summed E-state index contributed by atoms with van der Waals surface area (Å²) in [4.78, 5) is 0. The minimum atomic E-state index is 0. The standard InChI is InChI=1S/4C2H6O.2ClH.2Ti/c4*1-2-3;;;;/h4*3H,2H2,1H3;2*1H;;/p-2. The fourth-order valence-electron chi connectivity index (χ4n) is 0. The second-order valence-corrected chi connectivity index (χ2v) is 1.26. The van der Waals surface area contributed by atoms with E-state index in [9.17, 15) is 0 Å². The number of hydrogen-bond acceptors (Lipinski definition) is 4. The summed E-state index contributed by atoms with van der Waals surface area (Å²) in [6.07, 6.45) is 0. The summed E-state index contributed by atoms with van der Waals surface area (Å²) in [7, 11) is 0. The van der Waals surface area contributed by atoms with E-state index in [-0.39, 0.29) is 94.7 Å². The molecular weight excluding hydrogens is 327 g/mol. The first-order valence-corrected chi connectivity index (χ1v) is 4.09. The maximum atomic E-state index is 7.57. The molecule has 0 saturated carbocycles. The van der Waals surface area contributed by atoms with E-state index in [1.54, 1.807) is 27.7 Å². The van der Waals surface area contributed by atoms with Gasteiger partial charge in [-0.1, -0.05) is 0 Å². The third-order valence-corrected chi connectivity index (χ3v) is 0. The van der Waals surface area contributed by atoms with Crippen molar-refractivity contribution in [3.05, 3.63) is 0 Å². The quantitative estimate of drug-likeness (QED) is 0.328. The van der Waals surface area contributed by atoms with Gasteiger partial charge in [0, 0.05) is 69.9 Å². The molecule has 0 radical (unpaired) electrons. The van der Waals surface area contributed by atoms with Gasteiger partial charge in [0.2, 0.25) is 0 Å². The number of aliphatic hydroxyl groups is 4. The zero-order valence-corrected chi connectivity index (χ0v) is 15.0. The molecule has 0 aromatic rings. The van der Waals surface area contributed by atoms with E-state index in [0.29, 0.717) is 0 Å². The summed E-state index contributed by atoms with van der Waals surface area (Å²) in [5, 5.41) is 30.3. The van der Waals surface area contributed by atoms with Gasteiger partial charge in [-0.15, -0.1) is 0 Å². The molecule has 0 rings (SSSR count). The van der Waals surface area contributed by atoms with Crippen LogP contribution < -0.4 is 24.8 Å². The third-order valence-electron chi connectivity index (χ3n) is 0. The molecule has 0 saturated heterocycles. The zero-order valence-electron chi connectivity index (χ0n) is 10.4. The van der Waals surface area contributed by atoms with E-state index in [1.165, 1.54) is 0 Å². The molecule has 0 unspecified atom stereocenters. The minimum Gasteiger partial charge on any atom is -1.00 e. The van der Waals surface area contributed by atoms with Gasteiger partial charge in [-0.05, 0) is 27.7 Å². The van der Waals surface area contributed by atoms with Crippen LogP contribution in [0, 0.1) is 0 Å². The Morgan fingerprint density at radius 2 is 0.500 bits per heavy atom. The Bertz CT molecular complexity index is 36.0. The third kappa shape index (κ3) is 1020. The van der Waals surface area contributed by atoms with Crippen molar-refractivity contribution in [1.82, 2.24) is 0 Å². The van der Waals surface area contributed by atoms with Gasteiger partial charge in [0.25, 0.3) is 0 Å². The molecule has 0 aromatic carbocycles. The Labute approximate surface area is 142 Å². The van der Waals surface area contributed by atoms with E-state index in [2.05, 4.69) is 0 Å². The van der Waals surface area contributed by atoms with Crippen LogP contribution in [-0.4, -0.2) is 46.9 Å². The van der Waals surface area contributed by atoms with E-state index >= 15 is 0 Å². The molecule has 4 nitrogen and oxygen atoms in total. The van der Waals surface area contributed by atoms with Crippen LogP contribution in [0.4, 0.5) is 0 Å². The topological polar surface area (TPSA) is 80.9 Å². The van der Waals surface area contributed by atoms with Gasteiger partial charge in [0.05, 0.1) is 0 Å². The predicted octanol–water partition coefficient (Wildman–Crippen LogP) is -6.00. The molecule has 16 heavy (non-hydrogen) atoms. The summed E-state index contributed by atoms with van der Waals surface area (Å²) in [6, 6.07) is 0. The van der Waals surface area contributed by atoms with Crippen LogP contribution in [0.3, 0.4) is 0 Å². The van der Waals surface area contributed by atoms with Gasteiger partial charge < -0.3 is 45.2 Å². The smallest absolute Gasteiger partial charge is 0.0402 e. The Kier molecular flexibility index (Phi) is 404. The normalized spacial score (nSPS) is 4.50. The second-order valence-electron chi connectivity index (χ2n) is 1.26. The molecule has 0 heterocycles. The van der Waals surface area contributed by atoms with Crippen molar-refractivity contribution in [3.8, 4) is 0 Å². The van der Waals surface area contributed by atoms with E-state index in [0.717, 1.165) is 0 Å². The first-order chi connectivity index (χ1) is 5.66. The number of rotatable bonds is 0. The fourth-order valence-corrected chi connectivity index (χ4v) is 0. The van der Waals surface area contributed by atoms with E-state index < -0.39 is 0 Å². The van der Waals surface area contributed by atoms with Crippen LogP contribution in [0.25, 0.3) is 0 Å². The van der Waals surface area contributed by atoms with Crippen LogP contribution in [0.15, 0.2) is 0 Å². The van der Waals surface area contributed by atoms with Crippen molar-refractivity contribution in [3.63, 3.8) is 0 Å². The summed E-state index contributed by atoms with van der Waals surface area (Å²) >= 11 is 0. The van der Waals surface area contributed by atoms with Crippen LogP contribution >= 0.6 is 0 Å². The van der Waals surface area contributed by atoms with Crippen molar-refractivity contribution in [2.75, 3.05) is 26.4 Å². The molecular formula is C8H24Cl2O4Ti2-2. The Morgan fingerprint density at radius 1 is 0.500 bits per heavy atom. The molecule has 0 aliphatic rings. The van der Waals surface area contributed by atoms with Crippen LogP contribution in [0.5, 0.6) is 0 Å². The van der Waals surface area contributed by atoms with Gasteiger partial charge in [0.1, 0.15) is 0 Å². The molecule has 4 N–H and O–H groups in total. The molecule has 0 aliphatic heterocycles. The Hall–Kier alpha value is 1.85. The molecule has 0 amide bonds. The van der Waals surface area contributed by atoms with Gasteiger partial charge in [-0.3, -0.25) is 0 Å². The number of halogens is 2. The van der Waals surface area contributed by atoms with Crippen molar-refractivity contribution >= 4 is 0 Å². The average molecular weight is 351 g/mol. The molecule has 104 valence electrons. The molecule has 0 fully saturated rings. The van der Waals surface area contributed by atoms with Crippen molar-refractivity contribution in [2.24, 2.45) is 0 Å². The molecule has 0 spiro atoms. The van der Waals surface area contributed by atoms with E-state index in [1.807, 2.05) is 0 Å². The van der Waals surface area contributed by atoms with Gasteiger partial charge in [0.15, 0.2) is 0 Å². The molecule has 0 atom stereocenters. The van der Waals surface area contributed by atoms with Crippen LogP contribution in [0.1, 0.15) is 27.7 Å². The monoisotopic (exact) mass is 350 g/mol. The first-order valence-electron chi connectivity index (χ1n) is 4.09. The Morgan fingerprint density at radius 3 is 0.500 bits per heavy atom. The second kappa shape index (κ2) is 124. The van der Waals surface area contributed by atoms with Gasteiger partial charge in [-0.2, -0.15) is 0 Å². The number of hydrogen-bond donors (Lipinski definition) is 4. The number of aliphatic hydroxyl groups excluding tert-OH is 4. The predicted molar refractivity (Wildman–Crippen MR) is 51.0 cm³/mol. The zero-order chi connectivity index (χ0) is 10.8. The molecule has 8 heteroatoms. The Balaban J connectivity index is -0.00000000821. The van der Waals surface area contributed by atoms with Crippen molar-refractivity contribution < 1.29 is 88.7 Å². The van der Waals surface area contributed by atoms with Crippen molar-refractivity contribution in [1.29, 1.82) is 0 Å². The SMILES string of the molecule is CCO.CCO.CCO.CCO.[Cl-].[Cl-].[Ti].[Ti]. The van der Waals surface area contributed by atoms with Crippen molar-refractivity contribution in [2.45, 2.75) is 27.7 Å². The van der Waals surface area contributed by atoms with E-state index in [4.69, 9.17) is 20.4 Å². The summed E-state index contributed by atoms with van der Waals surface area (Å²) < 4.78 is 0. The average Bonchev–Trinajstić information content (AvgIpc) is 1.92. The summed E-state index contributed by atoms with van der Waals surface area (Å²) in [6.45, 7) is 7.72. The molecule has 0 aromatic heterocycles. The largest absolute Gasteiger partial charge is 1.00 e. The molecule has 0 bridgehead atoms.